The molecule has 2 rings (SSSR count). The van der Waals surface area contributed by atoms with E-state index in [1.807, 2.05) is 17.5 Å². The van der Waals surface area contributed by atoms with Crippen molar-refractivity contribution in [1.29, 1.82) is 0 Å². The van der Waals surface area contributed by atoms with Gasteiger partial charge in [0.05, 0.1) is 13.0 Å². The van der Waals surface area contributed by atoms with E-state index in [1.54, 1.807) is 35.6 Å². The minimum Gasteiger partial charge on any atom is -0.508 e. The number of phenols is 1. The lowest BCUT2D eigenvalue weighted by molar-refractivity contribution is -0.142. The maximum Gasteiger partial charge on any atom is 0.310 e. The van der Waals surface area contributed by atoms with E-state index in [2.05, 4.69) is 0 Å². The van der Waals surface area contributed by atoms with Gasteiger partial charge in [-0.3, -0.25) is 4.79 Å². The minimum absolute atomic E-state index is 0.199. The lowest BCUT2D eigenvalue weighted by Gasteiger charge is -2.04. The van der Waals surface area contributed by atoms with Gasteiger partial charge in [-0.15, -0.1) is 11.3 Å². The zero-order valence-electron chi connectivity index (χ0n) is 9.83. The summed E-state index contributed by atoms with van der Waals surface area (Å²) in [5.74, 6) is -0.0398. The first-order valence-corrected chi connectivity index (χ1v) is 6.58. The van der Waals surface area contributed by atoms with Crippen LogP contribution in [0, 0.1) is 0 Å². The number of aromatic hydroxyl groups is 1. The van der Waals surface area contributed by atoms with Gasteiger partial charge in [-0.1, -0.05) is 18.2 Å². The third-order valence-electron chi connectivity index (χ3n) is 2.48. The fraction of sp³-hybridized carbons (Fsp3) is 0.214. The van der Waals surface area contributed by atoms with Gasteiger partial charge < -0.3 is 9.84 Å². The fourth-order valence-electron chi connectivity index (χ4n) is 1.55. The molecule has 2 aromatic rings. The molecule has 0 saturated heterocycles. The number of thiophene rings is 1. The van der Waals surface area contributed by atoms with E-state index in [1.165, 1.54) is 4.88 Å². The van der Waals surface area contributed by atoms with Crippen LogP contribution < -0.4 is 0 Å². The van der Waals surface area contributed by atoms with Crippen LogP contribution in [0.1, 0.15) is 10.4 Å². The molecule has 0 aliphatic rings. The molecule has 0 unspecified atom stereocenters. The smallest absolute Gasteiger partial charge is 0.310 e. The molecule has 94 valence electrons. The molecule has 4 heteroatoms. The van der Waals surface area contributed by atoms with Crippen LogP contribution in [0.4, 0.5) is 0 Å². The van der Waals surface area contributed by atoms with Gasteiger partial charge in [0, 0.05) is 11.3 Å². The minimum atomic E-state index is -0.239. The Bertz CT molecular complexity index is 488. The summed E-state index contributed by atoms with van der Waals surface area (Å²) in [5.41, 5.74) is 0.842. The molecule has 0 aliphatic heterocycles. The first-order valence-electron chi connectivity index (χ1n) is 5.70. The number of benzene rings is 1. The molecule has 0 atom stereocenters. The number of esters is 1. The Labute approximate surface area is 110 Å². The van der Waals surface area contributed by atoms with Crippen molar-refractivity contribution in [3.63, 3.8) is 0 Å². The lowest BCUT2D eigenvalue weighted by atomic mass is 10.1. The molecule has 0 aliphatic carbocycles. The summed E-state index contributed by atoms with van der Waals surface area (Å²) in [6.45, 7) is 0.414. The van der Waals surface area contributed by atoms with Crippen molar-refractivity contribution in [1.82, 2.24) is 0 Å². The van der Waals surface area contributed by atoms with E-state index >= 15 is 0 Å². The van der Waals surface area contributed by atoms with E-state index in [0.29, 0.717) is 6.61 Å². The highest BCUT2D eigenvalue weighted by atomic mass is 32.1. The number of ether oxygens (including phenoxy) is 1. The molecule has 1 aromatic carbocycles. The van der Waals surface area contributed by atoms with E-state index in [9.17, 15) is 4.79 Å². The molecule has 1 heterocycles. The third-order valence-corrected chi connectivity index (χ3v) is 3.41. The summed E-state index contributed by atoms with van der Waals surface area (Å²) in [5, 5.41) is 11.1. The SMILES string of the molecule is O=C(Cc1ccc(O)cc1)OCCc1cccs1. The average Bonchev–Trinajstić information content (AvgIpc) is 2.85. The summed E-state index contributed by atoms with van der Waals surface area (Å²) < 4.78 is 5.15. The van der Waals surface area contributed by atoms with Crippen LogP contribution in [-0.4, -0.2) is 17.7 Å². The van der Waals surface area contributed by atoms with Crippen LogP contribution in [0.5, 0.6) is 5.75 Å². The molecule has 18 heavy (non-hydrogen) atoms. The molecule has 0 saturated carbocycles. The highest BCUT2D eigenvalue weighted by Gasteiger charge is 2.05. The third kappa shape index (κ3) is 3.89. The normalized spacial score (nSPS) is 10.2. The standard InChI is InChI=1S/C14H14O3S/c15-12-5-3-11(4-6-12)10-14(16)17-8-7-13-2-1-9-18-13/h1-6,9,15H,7-8,10H2. The van der Waals surface area contributed by atoms with E-state index in [0.717, 1.165) is 12.0 Å². The Morgan fingerprint density at radius 1 is 1.22 bits per heavy atom. The molecule has 0 fully saturated rings. The van der Waals surface area contributed by atoms with Crippen molar-refractivity contribution >= 4 is 17.3 Å². The first-order chi connectivity index (χ1) is 8.74. The summed E-state index contributed by atoms with van der Waals surface area (Å²) in [7, 11) is 0. The predicted molar refractivity (Wildman–Crippen MR) is 70.8 cm³/mol. The summed E-state index contributed by atoms with van der Waals surface area (Å²) >= 11 is 1.66. The molecule has 3 nitrogen and oxygen atoms in total. The molecule has 0 spiro atoms. The highest BCUT2D eigenvalue weighted by molar-refractivity contribution is 7.09. The molecule has 0 amide bonds. The lowest BCUT2D eigenvalue weighted by Crippen LogP contribution is -2.10. The van der Waals surface area contributed by atoms with Gasteiger partial charge >= 0.3 is 5.97 Å². The molecule has 0 radical (unpaired) electrons. The Hall–Kier alpha value is -1.81. The van der Waals surface area contributed by atoms with Gasteiger partial charge in [0.1, 0.15) is 5.75 Å². The van der Waals surface area contributed by atoms with Crippen LogP contribution >= 0.6 is 11.3 Å². The summed E-state index contributed by atoms with van der Waals surface area (Å²) in [6, 6.07) is 10.6. The summed E-state index contributed by atoms with van der Waals surface area (Å²) in [4.78, 5) is 12.8. The van der Waals surface area contributed by atoms with Gasteiger partial charge in [0.2, 0.25) is 0 Å². The Kier molecular flexibility index (Phi) is 4.36. The van der Waals surface area contributed by atoms with Crippen LogP contribution in [0.2, 0.25) is 0 Å². The van der Waals surface area contributed by atoms with Crippen molar-refractivity contribution in [2.45, 2.75) is 12.8 Å². The summed E-state index contributed by atoms with van der Waals surface area (Å²) in [6.07, 6.45) is 1.00. The van der Waals surface area contributed by atoms with Crippen LogP contribution in [0.15, 0.2) is 41.8 Å². The second kappa shape index (κ2) is 6.21. The number of carbonyl (C=O) groups is 1. The Morgan fingerprint density at radius 2 is 2.00 bits per heavy atom. The van der Waals surface area contributed by atoms with Crippen LogP contribution in [0.3, 0.4) is 0 Å². The number of rotatable bonds is 5. The molecular formula is C14H14O3S. The zero-order chi connectivity index (χ0) is 12.8. The predicted octanol–water partition coefficient (Wildman–Crippen LogP) is 2.78. The van der Waals surface area contributed by atoms with Gasteiger partial charge in [-0.05, 0) is 29.1 Å². The number of hydrogen-bond donors (Lipinski definition) is 1. The maximum absolute atomic E-state index is 11.5. The van der Waals surface area contributed by atoms with Crippen molar-refractivity contribution < 1.29 is 14.6 Å². The molecular weight excluding hydrogens is 248 g/mol. The second-order valence-electron chi connectivity index (χ2n) is 3.89. The van der Waals surface area contributed by atoms with Crippen molar-refractivity contribution in [2.24, 2.45) is 0 Å². The number of phenolic OH excluding ortho intramolecular Hbond substituents is 1. The molecule has 1 N–H and O–H groups in total. The Balaban J connectivity index is 1.73. The number of hydrogen-bond acceptors (Lipinski definition) is 4. The van der Waals surface area contributed by atoms with Crippen molar-refractivity contribution in [3.05, 3.63) is 52.2 Å². The van der Waals surface area contributed by atoms with Crippen molar-refractivity contribution in [2.75, 3.05) is 6.61 Å². The van der Waals surface area contributed by atoms with E-state index in [4.69, 9.17) is 9.84 Å². The van der Waals surface area contributed by atoms with Gasteiger partial charge in [-0.2, -0.15) is 0 Å². The van der Waals surface area contributed by atoms with Gasteiger partial charge in [0.15, 0.2) is 0 Å². The molecule has 0 bridgehead atoms. The average molecular weight is 262 g/mol. The van der Waals surface area contributed by atoms with E-state index in [-0.39, 0.29) is 18.1 Å². The molecule has 1 aromatic heterocycles. The number of carbonyl (C=O) groups excluding carboxylic acids is 1. The van der Waals surface area contributed by atoms with E-state index < -0.39 is 0 Å². The highest BCUT2D eigenvalue weighted by Crippen LogP contribution is 2.11. The van der Waals surface area contributed by atoms with Gasteiger partial charge in [0.25, 0.3) is 0 Å². The quantitative estimate of drug-likeness (QED) is 0.843. The van der Waals surface area contributed by atoms with Crippen LogP contribution in [-0.2, 0) is 22.4 Å². The second-order valence-corrected chi connectivity index (χ2v) is 4.93. The Morgan fingerprint density at radius 3 is 2.67 bits per heavy atom. The van der Waals surface area contributed by atoms with Crippen molar-refractivity contribution in [3.8, 4) is 5.75 Å². The zero-order valence-corrected chi connectivity index (χ0v) is 10.7. The fourth-order valence-corrected chi connectivity index (χ4v) is 2.24. The largest absolute Gasteiger partial charge is 0.508 e. The maximum atomic E-state index is 11.5. The monoisotopic (exact) mass is 262 g/mol. The topological polar surface area (TPSA) is 46.5 Å². The van der Waals surface area contributed by atoms with Gasteiger partial charge in [-0.25, -0.2) is 0 Å². The first kappa shape index (κ1) is 12.6. The van der Waals surface area contributed by atoms with Crippen LogP contribution in [0.25, 0.3) is 0 Å².